The average molecular weight is 334 g/mol. The van der Waals surface area contributed by atoms with Crippen LogP contribution in [0.5, 0.6) is 0 Å². The Balaban J connectivity index is 1.60. The highest BCUT2D eigenvalue weighted by atomic mass is 16.5. The predicted octanol–water partition coefficient (Wildman–Crippen LogP) is 1.01. The first kappa shape index (κ1) is 17.0. The second-order valence-electron chi connectivity index (χ2n) is 6.85. The number of aryl methyl sites for hydroxylation is 1. The van der Waals surface area contributed by atoms with E-state index in [9.17, 15) is 9.59 Å². The maximum absolute atomic E-state index is 12.7. The average Bonchev–Trinajstić information content (AvgIpc) is 3.23. The van der Waals surface area contributed by atoms with Crippen molar-refractivity contribution in [3.05, 3.63) is 17.5 Å². The van der Waals surface area contributed by atoms with E-state index in [0.29, 0.717) is 44.4 Å². The SMILES string of the molecule is CC(C)c1cc(C(=O)N2CCN(C(=O)[C@@H]3CCCO3)CC2)n(C)n1. The topological polar surface area (TPSA) is 67.7 Å². The molecule has 0 bridgehead atoms. The van der Waals surface area contributed by atoms with Crippen LogP contribution in [0.3, 0.4) is 0 Å². The fourth-order valence-corrected chi connectivity index (χ4v) is 3.24. The lowest BCUT2D eigenvalue weighted by atomic mass is 10.1. The van der Waals surface area contributed by atoms with Crippen LogP contribution in [0.2, 0.25) is 0 Å². The van der Waals surface area contributed by atoms with E-state index < -0.39 is 0 Å². The van der Waals surface area contributed by atoms with Gasteiger partial charge >= 0.3 is 0 Å². The molecule has 0 aliphatic carbocycles. The van der Waals surface area contributed by atoms with E-state index in [0.717, 1.165) is 18.5 Å². The van der Waals surface area contributed by atoms with E-state index in [1.807, 2.05) is 11.0 Å². The van der Waals surface area contributed by atoms with Crippen LogP contribution in [-0.2, 0) is 16.6 Å². The number of aromatic nitrogens is 2. The molecule has 7 heteroatoms. The summed E-state index contributed by atoms with van der Waals surface area (Å²) in [4.78, 5) is 28.7. The Morgan fingerprint density at radius 1 is 1.21 bits per heavy atom. The highest BCUT2D eigenvalue weighted by Crippen LogP contribution is 2.18. The van der Waals surface area contributed by atoms with Gasteiger partial charge in [0.1, 0.15) is 11.8 Å². The van der Waals surface area contributed by atoms with Crippen molar-refractivity contribution >= 4 is 11.8 Å². The molecule has 0 N–H and O–H groups in total. The van der Waals surface area contributed by atoms with Crippen molar-refractivity contribution in [1.82, 2.24) is 19.6 Å². The van der Waals surface area contributed by atoms with E-state index in [2.05, 4.69) is 18.9 Å². The second-order valence-corrected chi connectivity index (χ2v) is 6.85. The first-order valence-electron chi connectivity index (χ1n) is 8.71. The summed E-state index contributed by atoms with van der Waals surface area (Å²) in [6, 6.07) is 1.87. The molecule has 132 valence electrons. The molecule has 1 atom stereocenters. The smallest absolute Gasteiger partial charge is 0.272 e. The van der Waals surface area contributed by atoms with Crippen molar-refractivity contribution in [3.8, 4) is 0 Å². The van der Waals surface area contributed by atoms with Gasteiger partial charge in [0.2, 0.25) is 0 Å². The fraction of sp³-hybridized carbons (Fsp3) is 0.706. The van der Waals surface area contributed by atoms with Crippen molar-refractivity contribution in [2.75, 3.05) is 32.8 Å². The largest absolute Gasteiger partial charge is 0.368 e. The summed E-state index contributed by atoms with van der Waals surface area (Å²) in [6.45, 7) is 7.04. The van der Waals surface area contributed by atoms with Gasteiger partial charge in [-0.1, -0.05) is 13.8 Å². The zero-order valence-corrected chi connectivity index (χ0v) is 14.7. The summed E-state index contributed by atoms with van der Waals surface area (Å²) < 4.78 is 7.12. The van der Waals surface area contributed by atoms with Gasteiger partial charge in [0, 0.05) is 39.8 Å². The molecule has 1 aromatic heterocycles. The van der Waals surface area contributed by atoms with Gasteiger partial charge in [-0.15, -0.1) is 0 Å². The summed E-state index contributed by atoms with van der Waals surface area (Å²) in [7, 11) is 1.80. The van der Waals surface area contributed by atoms with Crippen LogP contribution in [0.1, 0.15) is 48.8 Å². The predicted molar refractivity (Wildman–Crippen MR) is 88.8 cm³/mol. The Morgan fingerprint density at radius 2 is 1.88 bits per heavy atom. The van der Waals surface area contributed by atoms with Crippen molar-refractivity contribution in [1.29, 1.82) is 0 Å². The zero-order valence-electron chi connectivity index (χ0n) is 14.7. The van der Waals surface area contributed by atoms with Crippen molar-refractivity contribution in [2.24, 2.45) is 7.05 Å². The van der Waals surface area contributed by atoms with Crippen LogP contribution in [-0.4, -0.2) is 70.3 Å². The third kappa shape index (κ3) is 3.31. The molecule has 2 saturated heterocycles. The first-order chi connectivity index (χ1) is 11.5. The molecule has 24 heavy (non-hydrogen) atoms. The lowest BCUT2D eigenvalue weighted by Gasteiger charge is -2.35. The summed E-state index contributed by atoms with van der Waals surface area (Å²) in [5.41, 5.74) is 1.53. The van der Waals surface area contributed by atoms with Crippen LogP contribution in [0, 0.1) is 0 Å². The lowest BCUT2D eigenvalue weighted by Crippen LogP contribution is -2.53. The van der Waals surface area contributed by atoms with Crippen LogP contribution in [0.4, 0.5) is 0 Å². The molecular weight excluding hydrogens is 308 g/mol. The Bertz CT molecular complexity index is 611. The van der Waals surface area contributed by atoms with Crippen LogP contribution >= 0.6 is 0 Å². The number of nitrogens with zero attached hydrogens (tertiary/aromatic N) is 4. The molecule has 2 aliphatic rings. The number of rotatable bonds is 3. The summed E-state index contributed by atoms with van der Waals surface area (Å²) in [6.07, 6.45) is 1.48. The summed E-state index contributed by atoms with van der Waals surface area (Å²) in [5.74, 6) is 0.349. The molecule has 2 fully saturated rings. The minimum absolute atomic E-state index is 0.0129. The number of amides is 2. The Hall–Kier alpha value is -1.89. The molecule has 0 radical (unpaired) electrons. The number of carbonyl (C=O) groups is 2. The van der Waals surface area contributed by atoms with Crippen molar-refractivity contribution in [2.45, 2.75) is 38.7 Å². The normalized spacial score (nSPS) is 21.6. The quantitative estimate of drug-likeness (QED) is 0.827. The molecule has 3 heterocycles. The standard InChI is InChI=1S/C17H26N4O3/c1-12(2)13-11-14(19(3)18-13)16(22)20-6-8-21(9-7-20)17(23)15-5-4-10-24-15/h11-12,15H,4-10H2,1-3H3/t15-/m0/s1. The second kappa shape index (κ2) is 6.93. The molecule has 3 rings (SSSR count). The van der Waals surface area contributed by atoms with Crippen molar-refractivity contribution < 1.29 is 14.3 Å². The maximum Gasteiger partial charge on any atom is 0.272 e. The molecule has 1 aromatic rings. The monoisotopic (exact) mass is 334 g/mol. The Morgan fingerprint density at radius 3 is 2.42 bits per heavy atom. The van der Waals surface area contributed by atoms with Crippen molar-refractivity contribution in [3.63, 3.8) is 0 Å². The van der Waals surface area contributed by atoms with E-state index in [1.54, 1.807) is 16.6 Å². The third-order valence-electron chi connectivity index (χ3n) is 4.79. The van der Waals surface area contributed by atoms with Crippen LogP contribution < -0.4 is 0 Å². The molecular formula is C17H26N4O3. The van der Waals surface area contributed by atoms with Gasteiger partial charge in [-0.05, 0) is 24.8 Å². The molecule has 0 unspecified atom stereocenters. The maximum atomic E-state index is 12.7. The highest BCUT2D eigenvalue weighted by Gasteiger charge is 2.32. The Labute approximate surface area is 142 Å². The molecule has 0 spiro atoms. The minimum atomic E-state index is -0.280. The van der Waals surface area contributed by atoms with E-state index >= 15 is 0 Å². The number of carbonyl (C=O) groups excluding carboxylic acids is 2. The van der Waals surface area contributed by atoms with Gasteiger partial charge < -0.3 is 14.5 Å². The summed E-state index contributed by atoms with van der Waals surface area (Å²) >= 11 is 0. The van der Waals surface area contributed by atoms with Gasteiger partial charge in [0.25, 0.3) is 11.8 Å². The van der Waals surface area contributed by atoms with Crippen LogP contribution in [0.15, 0.2) is 6.07 Å². The zero-order chi connectivity index (χ0) is 17.3. The summed E-state index contributed by atoms with van der Waals surface area (Å²) in [5, 5.41) is 4.41. The number of ether oxygens (including phenoxy) is 1. The van der Waals surface area contributed by atoms with Gasteiger partial charge in [-0.3, -0.25) is 14.3 Å². The number of hydrogen-bond acceptors (Lipinski definition) is 4. The first-order valence-corrected chi connectivity index (χ1v) is 8.71. The number of piperazine rings is 1. The highest BCUT2D eigenvalue weighted by molar-refractivity contribution is 5.93. The van der Waals surface area contributed by atoms with E-state index in [4.69, 9.17) is 4.74 Å². The van der Waals surface area contributed by atoms with Crippen LogP contribution in [0.25, 0.3) is 0 Å². The van der Waals surface area contributed by atoms with Gasteiger partial charge in [-0.2, -0.15) is 5.10 Å². The molecule has 7 nitrogen and oxygen atoms in total. The van der Waals surface area contributed by atoms with Gasteiger partial charge in [-0.25, -0.2) is 0 Å². The lowest BCUT2D eigenvalue weighted by molar-refractivity contribution is -0.142. The molecule has 0 saturated carbocycles. The third-order valence-corrected chi connectivity index (χ3v) is 4.79. The molecule has 2 aliphatic heterocycles. The Kier molecular flexibility index (Phi) is 4.89. The van der Waals surface area contributed by atoms with E-state index in [-0.39, 0.29) is 17.9 Å². The van der Waals surface area contributed by atoms with E-state index in [1.165, 1.54) is 0 Å². The molecule has 2 amide bonds. The number of hydrogen-bond donors (Lipinski definition) is 0. The minimum Gasteiger partial charge on any atom is -0.368 e. The molecule has 0 aromatic carbocycles. The fourth-order valence-electron chi connectivity index (χ4n) is 3.24. The van der Waals surface area contributed by atoms with Gasteiger partial charge in [0.05, 0.1) is 5.69 Å². The van der Waals surface area contributed by atoms with Gasteiger partial charge in [0.15, 0.2) is 0 Å².